The van der Waals surface area contributed by atoms with Gasteiger partial charge in [-0.15, -0.1) is 0 Å². The molecular formula is C8H14O3. The maximum Gasteiger partial charge on any atom is 0.151 e. The number of rotatable bonds is 5. The third kappa shape index (κ3) is 4.67. The normalized spacial score (nSPS) is 18.5. The van der Waals surface area contributed by atoms with E-state index in [4.69, 9.17) is 0 Å². The van der Waals surface area contributed by atoms with Crippen LogP contribution in [-0.2, 0) is 9.59 Å². The largest absolute Gasteiger partial charge is 0.383 e. The minimum absolute atomic E-state index is 0.0820. The Hall–Kier alpha value is -0.700. The Labute approximate surface area is 66.4 Å². The van der Waals surface area contributed by atoms with Crippen molar-refractivity contribution in [3.05, 3.63) is 0 Å². The van der Waals surface area contributed by atoms with E-state index in [9.17, 15) is 14.7 Å². The minimum Gasteiger partial charge on any atom is -0.383 e. The topological polar surface area (TPSA) is 54.4 Å². The summed E-state index contributed by atoms with van der Waals surface area (Å²) >= 11 is 0. The Morgan fingerprint density at radius 3 is 2.45 bits per heavy atom. The van der Waals surface area contributed by atoms with E-state index in [-0.39, 0.29) is 5.92 Å². The second-order valence-electron chi connectivity index (χ2n) is 3.13. The second-order valence-corrected chi connectivity index (χ2v) is 3.13. The molecule has 64 valence electrons. The van der Waals surface area contributed by atoms with Crippen LogP contribution < -0.4 is 0 Å². The minimum atomic E-state index is -1.27. The lowest BCUT2D eigenvalue weighted by Crippen LogP contribution is -2.26. The summed E-state index contributed by atoms with van der Waals surface area (Å²) in [6.07, 6.45) is 2.22. The zero-order valence-electron chi connectivity index (χ0n) is 6.91. The van der Waals surface area contributed by atoms with Crippen molar-refractivity contribution in [2.45, 2.75) is 32.3 Å². The average Bonchev–Trinajstić information content (AvgIpc) is 2.00. The van der Waals surface area contributed by atoms with Crippen molar-refractivity contribution in [2.75, 3.05) is 0 Å². The first kappa shape index (κ1) is 10.3. The van der Waals surface area contributed by atoms with E-state index in [0.29, 0.717) is 19.1 Å². The molecule has 0 aromatic rings. The highest BCUT2D eigenvalue weighted by Gasteiger charge is 2.19. The van der Waals surface area contributed by atoms with Crippen LogP contribution in [-0.4, -0.2) is 23.3 Å². The zero-order chi connectivity index (χ0) is 8.91. The van der Waals surface area contributed by atoms with Crippen LogP contribution in [0.5, 0.6) is 0 Å². The Kier molecular flexibility index (Phi) is 3.97. The van der Waals surface area contributed by atoms with E-state index in [1.54, 1.807) is 6.92 Å². The highest BCUT2D eigenvalue weighted by Crippen LogP contribution is 2.12. The summed E-state index contributed by atoms with van der Waals surface area (Å²) in [7, 11) is 0. The quantitative estimate of drug-likeness (QED) is 0.594. The van der Waals surface area contributed by atoms with Crippen LogP contribution in [0.4, 0.5) is 0 Å². The number of carbonyl (C=O) groups excluding carboxylic acids is 2. The average molecular weight is 158 g/mol. The molecule has 2 atom stereocenters. The van der Waals surface area contributed by atoms with Crippen molar-refractivity contribution in [1.29, 1.82) is 0 Å². The van der Waals surface area contributed by atoms with Crippen molar-refractivity contribution >= 4 is 12.6 Å². The number of hydrogen-bond acceptors (Lipinski definition) is 3. The van der Waals surface area contributed by atoms with Crippen LogP contribution in [0, 0.1) is 5.92 Å². The van der Waals surface area contributed by atoms with Gasteiger partial charge in [0.1, 0.15) is 11.9 Å². The summed E-state index contributed by atoms with van der Waals surface area (Å²) in [5.41, 5.74) is -1.27. The van der Waals surface area contributed by atoms with Gasteiger partial charge in [-0.2, -0.15) is 0 Å². The number of hydrogen-bond donors (Lipinski definition) is 1. The molecule has 0 aliphatic carbocycles. The molecule has 0 saturated heterocycles. The van der Waals surface area contributed by atoms with Crippen LogP contribution >= 0.6 is 0 Å². The van der Waals surface area contributed by atoms with E-state index in [1.165, 1.54) is 6.92 Å². The Morgan fingerprint density at radius 2 is 2.09 bits per heavy atom. The fraction of sp³-hybridized carbons (Fsp3) is 0.750. The molecular weight excluding hydrogens is 144 g/mol. The molecule has 1 N–H and O–H groups in total. The number of aldehydes is 2. The number of carbonyl (C=O) groups is 2. The molecule has 0 spiro atoms. The molecule has 0 aromatic carbocycles. The van der Waals surface area contributed by atoms with Crippen molar-refractivity contribution in [3.63, 3.8) is 0 Å². The van der Waals surface area contributed by atoms with Crippen LogP contribution in [0.2, 0.25) is 0 Å². The van der Waals surface area contributed by atoms with Gasteiger partial charge in [0.25, 0.3) is 0 Å². The molecule has 3 nitrogen and oxygen atoms in total. The van der Waals surface area contributed by atoms with E-state index in [0.717, 1.165) is 6.29 Å². The van der Waals surface area contributed by atoms with Gasteiger partial charge < -0.3 is 14.7 Å². The lowest BCUT2D eigenvalue weighted by atomic mass is 9.97. The molecule has 0 aromatic heterocycles. The second kappa shape index (κ2) is 4.23. The van der Waals surface area contributed by atoms with Gasteiger partial charge in [-0.25, -0.2) is 0 Å². The SMILES string of the molecule is C[C@H](C=O)CC[C@](C)(O)C=O. The molecule has 0 radical (unpaired) electrons. The summed E-state index contributed by atoms with van der Waals surface area (Å²) in [6.45, 7) is 3.20. The third-order valence-electron chi connectivity index (χ3n) is 1.59. The summed E-state index contributed by atoms with van der Waals surface area (Å²) in [4.78, 5) is 20.3. The van der Waals surface area contributed by atoms with Gasteiger partial charge in [0.2, 0.25) is 0 Å². The summed E-state index contributed by atoms with van der Waals surface area (Å²) < 4.78 is 0. The molecule has 0 aliphatic heterocycles. The van der Waals surface area contributed by atoms with Crippen molar-refractivity contribution in [3.8, 4) is 0 Å². The first-order valence-corrected chi connectivity index (χ1v) is 3.66. The highest BCUT2D eigenvalue weighted by molar-refractivity contribution is 5.61. The molecule has 11 heavy (non-hydrogen) atoms. The standard InChI is InChI=1S/C8H14O3/c1-7(5-9)3-4-8(2,11)6-10/h5-7,11H,3-4H2,1-2H3/t7-,8-/m0/s1. The maximum absolute atomic E-state index is 10.2. The Balaban J connectivity index is 3.68. The zero-order valence-corrected chi connectivity index (χ0v) is 6.91. The van der Waals surface area contributed by atoms with Crippen LogP contribution in [0.15, 0.2) is 0 Å². The van der Waals surface area contributed by atoms with E-state index in [2.05, 4.69) is 0 Å². The summed E-state index contributed by atoms with van der Waals surface area (Å²) in [5.74, 6) is -0.0820. The molecule has 0 aliphatic rings. The lowest BCUT2D eigenvalue weighted by molar-refractivity contribution is -0.123. The molecule has 0 amide bonds. The molecule has 0 heterocycles. The first-order chi connectivity index (χ1) is 5.02. The summed E-state index contributed by atoms with van der Waals surface area (Å²) in [6, 6.07) is 0. The highest BCUT2D eigenvalue weighted by atomic mass is 16.3. The van der Waals surface area contributed by atoms with Crippen LogP contribution in [0.25, 0.3) is 0 Å². The molecule has 0 bridgehead atoms. The van der Waals surface area contributed by atoms with Gasteiger partial charge in [-0.3, -0.25) is 0 Å². The predicted molar refractivity (Wildman–Crippen MR) is 41.1 cm³/mol. The van der Waals surface area contributed by atoms with Gasteiger partial charge in [0.05, 0.1) is 0 Å². The van der Waals surface area contributed by atoms with Crippen molar-refractivity contribution < 1.29 is 14.7 Å². The first-order valence-electron chi connectivity index (χ1n) is 3.66. The Bertz CT molecular complexity index is 140. The van der Waals surface area contributed by atoms with Gasteiger partial charge >= 0.3 is 0 Å². The lowest BCUT2D eigenvalue weighted by Gasteiger charge is -2.15. The Morgan fingerprint density at radius 1 is 1.55 bits per heavy atom. The van der Waals surface area contributed by atoms with E-state index < -0.39 is 5.60 Å². The van der Waals surface area contributed by atoms with Crippen LogP contribution in [0.3, 0.4) is 0 Å². The molecule has 0 saturated carbocycles. The number of aliphatic hydroxyl groups is 1. The van der Waals surface area contributed by atoms with Gasteiger partial charge in [0.15, 0.2) is 6.29 Å². The van der Waals surface area contributed by atoms with Gasteiger partial charge in [0, 0.05) is 5.92 Å². The maximum atomic E-state index is 10.2. The molecule has 0 unspecified atom stereocenters. The smallest absolute Gasteiger partial charge is 0.151 e. The molecule has 0 rings (SSSR count). The predicted octanol–water partition coefficient (Wildman–Crippen LogP) is 0.551. The van der Waals surface area contributed by atoms with E-state index in [1.807, 2.05) is 0 Å². The monoisotopic (exact) mass is 158 g/mol. The molecule has 0 fully saturated rings. The van der Waals surface area contributed by atoms with Crippen LogP contribution in [0.1, 0.15) is 26.7 Å². The fourth-order valence-corrected chi connectivity index (χ4v) is 0.647. The van der Waals surface area contributed by atoms with Crippen molar-refractivity contribution in [1.82, 2.24) is 0 Å². The fourth-order valence-electron chi connectivity index (χ4n) is 0.647. The van der Waals surface area contributed by atoms with Crippen molar-refractivity contribution in [2.24, 2.45) is 5.92 Å². The van der Waals surface area contributed by atoms with E-state index >= 15 is 0 Å². The van der Waals surface area contributed by atoms with Gasteiger partial charge in [-0.05, 0) is 19.8 Å². The summed E-state index contributed by atoms with van der Waals surface area (Å²) in [5, 5.41) is 9.18. The third-order valence-corrected chi connectivity index (χ3v) is 1.59. The van der Waals surface area contributed by atoms with Gasteiger partial charge in [-0.1, -0.05) is 6.92 Å². The molecule has 3 heteroatoms.